The highest BCUT2D eigenvalue weighted by Gasteiger charge is 2.29. The molecule has 1 atom stereocenters. The average molecular weight is 337 g/mol. The third-order valence-corrected chi connectivity index (χ3v) is 5.00. The van der Waals surface area contributed by atoms with E-state index in [1.807, 2.05) is 35.3 Å². The number of imidazole rings is 1. The minimum absolute atomic E-state index is 0.122. The molecule has 130 valence electrons. The topological polar surface area (TPSA) is 78.9 Å². The van der Waals surface area contributed by atoms with Gasteiger partial charge in [0.05, 0.1) is 11.0 Å². The highest BCUT2D eigenvalue weighted by Crippen LogP contribution is 2.29. The van der Waals surface area contributed by atoms with E-state index in [9.17, 15) is 0 Å². The lowest BCUT2D eigenvalue weighted by Crippen LogP contribution is -2.43. The molecule has 1 unspecified atom stereocenters. The first-order valence-corrected chi connectivity index (χ1v) is 8.87. The molecule has 1 aliphatic carbocycles. The Morgan fingerprint density at radius 1 is 1.28 bits per heavy atom. The van der Waals surface area contributed by atoms with Crippen molar-refractivity contribution in [2.24, 2.45) is 5.73 Å². The van der Waals surface area contributed by atoms with Crippen LogP contribution in [0.5, 0.6) is 6.01 Å². The second-order valence-corrected chi connectivity index (χ2v) is 6.82. The lowest BCUT2D eigenvalue weighted by molar-refractivity contribution is 0.0903. The third-order valence-electron chi connectivity index (χ3n) is 5.00. The van der Waals surface area contributed by atoms with Crippen molar-refractivity contribution in [2.75, 3.05) is 0 Å². The van der Waals surface area contributed by atoms with Crippen LogP contribution in [0, 0.1) is 0 Å². The van der Waals surface area contributed by atoms with Crippen LogP contribution in [-0.4, -0.2) is 31.7 Å². The van der Waals surface area contributed by atoms with E-state index in [1.165, 1.54) is 0 Å². The van der Waals surface area contributed by atoms with Crippen molar-refractivity contribution in [2.45, 2.75) is 51.2 Å². The lowest BCUT2D eigenvalue weighted by Gasteiger charge is -2.31. The lowest BCUT2D eigenvalue weighted by atomic mass is 9.90. The second-order valence-electron chi connectivity index (χ2n) is 6.82. The first-order chi connectivity index (χ1) is 12.2. The maximum absolute atomic E-state index is 5.90. The molecule has 1 saturated carbocycles. The summed E-state index contributed by atoms with van der Waals surface area (Å²) in [6.45, 7) is 4.35. The molecule has 1 aromatic carbocycles. The maximum Gasteiger partial charge on any atom is 0.318 e. The van der Waals surface area contributed by atoms with Crippen LogP contribution in [0.2, 0.25) is 0 Å². The number of aromatic nitrogens is 4. The van der Waals surface area contributed by atoms with E-state index in [2.05, 4.69) is 29.9 Å². The van der Waals surface area contributed by atoms with Crippen molar-refractivity contribution in [1.82, 2.24) is 19.5 Å². The Kier molecular flexibility index (Phi) is 4.13. The summed E-state index contributed by atoms with van der Waals surface area (Å²) in [5, 5.41) is 0. The van der Waals surface area contributed by atoms with Crippen molar-refractivity contribution < 1.29 is 4.74 Å². The van der Waals surface area contributed by atoms with Crippen molar-refractivity contribution >= 4 is 11.0 Å². The van der Waals surface area contributed by atoms with Gasteiger partial charge in [-0.05, 0) is 37.3 Å². The van der Waals surface area contributed by atoms with E-state index in [0.29, 0.717) is 11.9 Å². The third kappa shape index (κ3) is 2.98. The summed E-state index contributed by atoms with van der Waals surface area (Å²) in [5.41, 5.74) is 8.92. The van der Waals surface area contributed by atoms with Crippen LogP contribution < -0.4 is 10.5 Å². The number of hydrogen-bond donors (Lipinski definition) is 1. The van der Waals surface area contributed by atoms with Crippen LogP contribution in [0.4, 0.5) is 0 Å². The standard InChI is InChI=1S/C19H23N5O/c1-3-12(2)15-10-21-19(25-14-8-13(20)9-14)23-18(15)24-11-22-16-6-4-5-7-17(16)24/h4-7,10-14H,3,8-9,20H2,1-2H3. The molecule has 6 heteroatoms. The molecular formula is C19H23N5O. The average Bonchev–Trinajstić information content (AvgIpc) is 3.03. The van der Waals surface area contributed by atoms with Gasteiger partial charge in [0.15, 0.2) is 0 Å². The van der Waals surface area contributed by atoms with Crippen molar-refractivity contribution in [3.63, 3.8) is 0 Å². The molecule has 3 aromatic rings. The van der Waals surface area contributed by atoms with E-state index in [4.69, 9.17) is 15.5 Å². The van der Waals surface area contributed by atoms with Gasteiger partial charge in [-0.2, -0.15) is 4.98 Å². The summed E-state index contributed by atoms with van der Waals surface area (Å²) in [7, 11) is 0. The van der Waals surface area contributed by atoms with Gasteiger partial charge in [-0.25, -0.2) is 9.97 Å². The Morgan fingerprint density at radius 2 is 2.08 bits per heavy atom. The van der Waals surface area contributed by atoms with Gasteiger partial charge in [0.2, 0.25) is 0 Å². The van der Waals surface area contributed by atoms with Crippen LogP contribution in [-0.2, 0) is 0 Å². The number of nitrogens with two attached hydrogens (primary N) is 1. The first-order valence-electron chi connectivity index (χ1n) is 8.87. The van der Waals surface area contributed by atoms with E-state index < -0.39 is 0 Å². The zero-order valence-electron chi connectivity index (χ0n) is 14.6. The summed E-state index contributed by atoms with van der Waals surface area (Å²) in [4.78, 5) is 13.7. The number of rotatable bonds is 5. The van der Waals surface area contributed by atoms with Gasteiger partial charge < -0.3 is 10.5 Å². The highest BCUT2D eigenvalue weighted by atomic mass is 16.5. The largest absolute Gasteiger partial charge is 0.460 e. The molecule has 6 nitrogen and oxygen atoms in total. The van der Waals surface area contributed by atoms with Crippen LogP contribution in [0.15, 0.2) is 36.8 Å². The molecule has 4 rings (SSSR count). The van der Waals surface area contributed by atoms with Crippen LogP contribution in [0.1, 0.15) is 44.6 Å². The molecule has 2 aromatic heterocycles. The van der Waals surface area contributed by atoms with Gasteiger partial charge in [0, 0.05) is 17.8 Å². The molecule has 25 heavy (non-hydrogen) atoms. The fraction of sp³-hybridized carbons (Fsp3) is 0.421. The van der Waals surface area contributed by atoms with E-state index in [1.54, 1.807) is 0 Å². The van der Waals surface area contributed by atoms with Gasteiger partial charge >= 0.3 is 6.01 Å². The van der Waals surface area contributed by atoms with Crippen LogP contribution in [0.25, 0.3) is 16.9 Å². The van der Waals surface area contributed by atoms with E-state index >= 15 is 0 Å². The minimum Gasteiger partial charge on any atom is -0.460 e. The monoisotopic (exact) mass is 337 g/mol. The molecule has 0 bridgehead atoms. The van der Waals surface area contributed by atoms with Crippen LogP contribution >= 0.6 is 0 Å². The normalized spacial score (nSPS) is 21.1. The highest BCUT2D eigenvalue weighted by molar-refractivity contribution is 5.77. The zero-order valence-corrected chi connectivity index (χ0v) is 14.6. The number of para-hydroxylation sites is 2. The summed E-state index contributed by atoms with van der Waals surface area (Å²) >= 11 is 0. The van der Waals surface area contributed by atoms with Gasteiger partial charge in [-0.3, -0.25) is 4.57 Å². The molecule has 0 saturated heterocycles. The Labute approximate surface area is 147 Å². The summed E-state index contributed by atoms with van der Waals surface area (Å²) in [5.74, 6) is 1.19. The SMILES string of the molecule is CCC(C)c1cnc(OC2CC(N)C2)nc1-n1cnc2ccccc21. The van der Waals surface area contributed by atoms with Crippen molar-refractivity contribution in [3.8, 4) is 11.8 Å². The Morgan fingerprint density at radius 3 is 2.84 bits per heavy atom. The van der Waals surface area contributed by atoms with Crippen molar-refractivity contribution in [3.05, 3.63) is 42.4 Å². The number of hydrogen-bond acceptors (Lipinski definition) is 5. The van der Waals surface area contributed by atoms with Gasteiger partial charge in [-0.1, -0.05) is 26.0 Å². The van der Waals surface area contributed by atoms with Crippen molar-refractivity contribution in [1.29, 1.82) is 0 Å². The summed E-state index contributed by atoms with van der Waals surface area (Å²) < 4.78 is 7.93. The number of benzene rings is 1. The quantitative estimate of drug-likeness (QED) is 0.773. The smallest absolute Gasteiger partial charge is 0.318 e. The van der Waals surface area contributed by atoms with Gasteiger partial charge in [0.25, 0.3) is 0 Å². The first kappa shape index (κ1) is 16.0. The molecule has 0 aliphatic heterocycles. The zero-order chi connectivity index (χ0) is 17.4. The number of fused-ring (bicyclic) bond motifs is 1. The summed E-state index contributed by atoms with van der Waals surface area (Å²) in [6, 6.07) is 8.71. The molecule has 0 amide bonds. The molecule has 1 aliphatic rings. The maximum atomic E-state index is 5.90. The second kappa shape index (κ2) is 6.44. The molecule has 0 spiro atoms. The van der Waals surface area contributed by atoms with Gasteiger partial charge in [-0.15, -0.1) is 0 Å². The number of nitrogens with zero attached hydrogens (tertiary/aromatic N) is 4. The molecular weight excluding hydrogens is 314 g/mol. The predicted octanol–water partition coefficient (Wildman–Crippen LogP) is 3.20. The Hall–Kier alpha value is -2.47. The molecule has 2 heterocycles. The Balaban J connectivity index is 1.77. The van der Waals surface area contributed by atoms with Gasteiger partial charge in [0.1, 0.15) is 18.2 Å². The van der Waals surface area contributed by atoms with Crippen LogP contribution in [0.3, 0.4) is 0 Å². The Bertz CT molecular complexity index is 884. The minimum atomic E-state index is 0.122. The predicted molar refractivity (Wildman–Crippen MR) is 97.0 cm³/mol. The van der Waals surface area contributed by atoms with E-state index in [0.717, 1.165) is 41.7 Å². The molecule has 1 fully saturated rings. The molecule has 2 N–H and O–H groups in total. The summed E-state index contributed by atoms with van der Waals surface area (Å²) in [6.07, 6.45) is 6.57. The van der Waals surface area contributed by atoms with E-state index in [-0.39, 0.29) is 12.1 Å². The fourth-order valence-electron chi connectivity index (χ4n) is 3.16. The fourth-order valence-corrected chi connectivity index (χ4v) is 3.16. The number of ether oxygens (including phenoxy) is 1. The molecule has 0 radical (unpaired) electrons.